The number of Topliss-reactive ketones (excluding diaryl/α,β-unsaturated/α-hetero) is 2. The predicted molar refractivity (Wildman–Crippen MR) is 92.3 cm³/mol. The van der Waals surface area contributed by atoms with Gasteiger partial charge in [-0.15, -0.1) is 0 Å². The summed E-state index contributed by atoms with van der Waals surface area (Å²) in [7, 11) is 0. The van der Waals surface area contributed by atoms with E-state index in [4.69, 9.17) is 0 Å². The minimum atomic E-state index is -0.308. The van der Waals surface area contributed by atoms with E-state index in [0.717, 1.165) is 44.9 Å². The zero-order chi connectivity index (χ0) is 17.3. The van der Waals surface area contributed by atoms with E-state index >= 15 is 0 Å². The van der Waals surface area contributed by atoms with Crippen LogP contribution in [0, 0.1) is 40.4 Å². The van der Waals surface area contributed by atoms with Crippen LogP contribution in [0.25, 0.3) is 0 Å². The average molecular weight is 332 g/mol. The van der Waals surface area contributed by atoms with E-state index in [-0.39, 0.29) is 22.9 Å². The molecule has 4 aliphatic carbocycles. The highest BCUT2D eigenvalue weighted by atomic mass is 16.3. The third-order valence-corrected chi connectivity index (χ3v) is 8.90. The van der Waals surface area contributed by atoms with Crippen LogP contribution in [0.1, 0.15) is 72.1 Å². The molecule has 4 saturated carbocycles. The fourth-order valence-electron chi connectivity index (χ4n) is 7.84. The minimum Gasteiger partial charge on any atom is -0.393 e. The van der Waals surface area contributed by atoms with Gasteiger partial charge in [0.25, 0.3) is 0 Å². The summed E-state index contributed by atoms with van der Waals surface area (Å²) < 4.78 is 0. The molecule has 0 bridgehead atoms. The number of aliphatic hydroxyl groups is 1. The first-order valence-corrected chi connectivity index (χ1v) is 9.97. The molecule has 0 spiro atoms. The van der Waals surface area contributed by atoms with Crippen molar-refractivity contribution in [3.05, 3.63) is 0 Å². The normalized spacial score (nSPS) is 53.9. The summed E-state index contributed by atoms with van der Waals surface area (Å²) in [5.41, 5.74) is 0.103. The average Bonchev–Trinajstić information content (AvgIpc) is 2.84. The first-order chi connectivity index (χ1) is 11.3. The van der Waals surface area contributed by atoms with Gasteiger partial charge in [-0.05, 0) is 80.0 Å². The highest BCUT2D eigenvalue weighted by molar-refractivity contribution is 5.80. The van der Waals surface area contributed by atoms with Crippen molar-refractivity contribution in [2.24, 2.45) is 40.4 Å². The van der Waals surface area contributed by atoms with Crippen LogP contribution in [0.3, 0.4) is 0 Å². The van der Waals surface area contributed by atoms with Gasteiger partial charge in [0.05, 0.1) is 6.10 Å². The maximum Gasteiger partial charge on any atom is 0.133 e. The largest absolute Gasteiger partial charge is 0.393 e. The van der Waals surface area contributed by atoms with Crippen molar-refractivity contribution in [2.45, 2.75) is 78.2 Å². The summed E-state index contributed by atoms with van der Waals surface area (Å²) in [6.07, 6.45) is 7.27. The summed E-state index contributed by atoms with van der Waals surface area (Å²) in [6.45, 7) is 6.36. The lowest BCUT2D eigenvalue weighted by Gasteiger charge is -2.61. The Morgan fingerprint density at radius 2 is 1.88 bits per heavy atom. The van der Waals surface area contributed by atoms with Gasteiger partial charge in [0.15, 0.2) is 0 Å². The first kappa shape index (κ1) is 16.8. The fourth-order valence-corrected chi connectivity index (χ4v) is 7.84. The van der Waals surface area contributed by atoms with Gasteiger partial charge in [-0.1, -0.05) is 13.8 Å². The smallest absolute Gasteiger partial charge is 0.133 e. The minimum absolute atomic E-state index is 0.0138. The molecule has 0 aliphatic heterocycles. The monoisotopic (exact) mass is 332 g/mol. The Bertz CT molecular complexity index is 569. The zero-order valence-electron chi connectivity index (χ0n) is 15.4. The number of hydrogen-bond acceptors (Lipinski definition) is 3. The van der Waals surface area contributed by atoms with E-state index < -0.39 is 0 Å². The molecule has 3 heteroatoms. The lowest BCUT2D eigenvalue weighted by Crippen LogP contribution is -2.59. The number of aliphatic hydroxyl groups excluding tert-OH is 1. The Morgan fingerprint density at radius 3 is 2.58 bits per heavy atom. The Labute approximate surface area is 145 Å². The van der Waals surface area contributed by atoms with E-state index in [0.29, 0.717) is 41.7 Å². The molecule has 134 valence electrons. The molecule has 4 fully saturated rings. The Morgan fingerprint density at radius 1 is 1.12 bits per heavy atom. The van der Waals surface area contributed by atoms with Crippen molar-refractivity contribution in [3.63, 3.8) is 0 Å². The van der Waals surface area contributed by atoms with E-state index in [1.807, 2.05) is 0 Å². The third-order valence-electron chi connectivity index (χ3n) is 8.90. The van der Waals surface area contributed by atoms with Crippen molar-refractivity contribution < 1.29 is 14.7 Å². The second kappa shape index (κ2) is 5.40. The molecule has 3 nitrogen and oxygen atoms in total. The molecule has 0 aromatic heterocycles. The quantitative estimate of drug-likeness (QED) is 0.795. The van der Waals surface area contributed by atoms with Crippen molar-refractivity contribution >= 4 is 11.6 Å². The number of carbonyl (C=O) groups is 2. The van der Waals surface area contributed by atoms with Crippen LogP contribution in [0.15, 0.2) is 0 Å². The van der Waals surface area contributed by atoms with Crippen LogP contribution in [0.5, 0.6) is 0 Å². The summed E-state index contributed by atoms with van der Waals surface area (Å²) >= 11 is 0. The van der Waals surface area contributed by atoms with Gasteiger partial charge in [-0.3, -0.25) is 9.59 Å². The summed E-state index contributed by atoms with van der Waals surface area (Å²) in [5.74, 6) is 2.78. The predicted octanol–water partition coefficient (Wildman–Crippen LogP) is 3.77. The number of fused-ring (bicyclic) bond motifs is 5. The van der Waals surface area contributed by atoms with Crippen LogP contribution < -0.4 is 0 Å². The van der Waals surface area contributed by atoms with Gasteiger partial charge < -0.3 is 5.11 Å². The molecule has 0 amide bonds. The molecule has 8 atom stereocenters. The summed E-state index contributed by atoms with van der Waals surface area (Å²) in [6, 6.07) is 0. The van der Waals surface area contributed by atoms with Crippen LogP contribution in [-0.2, 0) is 9.59 Å². The van der Waals surface area contributed by atoms with Gasteiger partial charge in [0, 0.05) is 18.8 Å². The Hall–Kier alpha value is -0.700. The highest BCUT2D eigenvalue weighted by Gasteiger charge is 2.63. The maximum absolute atomic E-state index is 12.2. The standard InChI is InChI=1S/C21H32O3/c1-12(22)16-6-7-17-15-5-4-13-10-14(23)8-9-20(13,2)19(15)18(24)11-21(16,17)3/h13,15-19,24H,4-11H2,1-3H3/t13-,15-,16+,17-,18-,19+,20-,21+/m0/s1. The molecule has 0 heterocycles. The maximum atomic E-state index is 12.2. The number of hydrogen-bond donors (Lipinski definition) is 1. The molecule has 0 aromatic carbocycles. The lowest BCUT2D eigenvalue weighted by atomic mass is 9.44. The fraction of sp³-hybridized carbons (Fsp3) is 0.905. The van der Waals surface area contributed by atoms with Crippen molar-refractivity contribution in [2.75, 3.05) is 0 Å². The van der Waals surface area contributed by atoms with Gasteiger partial charge in [-0.25, -0.2) is 0 Å². The van der Waals surface area contributed by atoms with E-state index in [9.17, 15) is 14.7 Å². The van der Waals surface area contributed by atoms with E-state index in [2.05, 4.69) is 13.8 Å². The van der Waals surface area contributed by atoms with Crippen LogP contribution in [0.2, 0.25) is 0 Å². The molecule has 4 aliphatic rings. The second-order valence-corrected chi connectivity index (χ2v) is 9.84. The van der Waals surface area contributed by atoms with E-state index in [1.54, 1.807) is 6.92 Å². The van der Waals surface area contributed by atoms with Crippen LogP contribution in [-0.4, -0.2) is 22.8 Å². The number of carbonyl (C=O) groups excluding carboxylic acids is 2. The van der Waals surface area contributed by atoms with Crippen molar-refractivity contribution in [1.82, 2.24) is 0 Å². The Kier molecular flexibility index (Phi) is 3.77. The SMILES string of the molecule is CC(=O)[C@H]1CC[C@H]2[C@@H]3CC[C@H]4CC(=O)CC[C@]4(C)[C@H]3[C@@H](O)C[C@]12C. The number of ketones is 2. The van der Waals surface area contributed by atoms with Crippen molar-refractivity contribution in [1.29, 1.82) is 0 Å². The molecule has 0 unspecified atom stereocenters. The molecular weight excluding hydrogens is 300 g/mol. The zero-order valence-corrected chi connectivity index (χ0v) is 15.4. The lowest BCUT2D eigenvalue weighted by molar-refractivity contribution is -0.173. The van der Waals surface area contributed by atoms with Gasteiger partial charge in [0.2, 0.25) is 0 Å². The highest BCUT2D eigenvalue weighted by Crippen LogP contribution is 2.67. The molecule has 24 heavy (non-hydrogen) atoms. The first-order valence-electron chi connectivity index (χ1n) is 9.97. The van der Waals surface area contributed by atoms with E-state index in [1.165, 1.54) is 0 Å². The topological polar surface area (TPSA) is 54.4 Å². The molecular formula is C21H32O3. The summed E-state index contributed by atoms with van der Waals surface area (Å²) in [5, 5.41) is 11.2. The summed E-state index contributed by atoms with van der Waals surface area (Å²) in [4.78, 5) is 24.1. The molecule has 0 radical (unpaired) electrons. The van der Waals surface area contributed by atoms with Crippen molar-refractivity contribution in [3.8, 4) is 0 Å². The van der Waals surface area contributed by atoms with Gasteiger partial charge in [0.1, 0.15) is 11.6 Å². The molecule has 0 aromatic rings. The molecule has 0 saturated heterocycles. The van der Waals surface area contributed by atoms with Gasteiger partial charge in [-0.2, -0.15) is 0 Å². The third kappa shape index (κ3) is 2.12. The molecule has 1 N–H and O–H groups in total. The Balaban J connectivity index is 1.68. The van der Waals surface area contributed by atoms with Crippen LogP contribution in [0.4, 0.5) is 0 Å². The number of rotatable bonds is 1. The van der Waals surface area contributed by atoms with Gasteiger partial charge >= 0.3 is 0 Å². The van der Waals surface area contributed by atoms with Crippen LogP contribution >= 0.6 is 0 Å². The second-order valence-electron chi connectivity index (χ2n) is 9.84. The molecule has 4 rings (SSSR count).